The smallest absolute Gasteiger partial charge is 0.102 e. The molecule has 15 heavy (non-hydrogen) atoms. The number of benzene rings is 1. The van der Waals surface area contributed by atoms with E-state index in [2.05, 4.69) is 0 Å². The zero-order valence-corrected chi connectivity index (χ0v) is 8.93. The van der Waals surface area contributed by atoms with Crippen LogP contribution in [-0.2, 0) is 4.74 Å². The van der Waals surface area contributed by atoms with Crippen molar-refractivity contribution in [2.24, 2.45) is 5.92 Å². The van der Waals surface area contributed by atoms with E-state index in [1.165, 1.54) is 12.8 Å². The van der Waals surface area contributed by atoms with Crippen molar-refractivity contribution in [1.29, 1.82) is 0 Å². The summed E-state index contributed by atoms with van der Waals surface area (Å²) in [6.07, 6.45) is 3.40. The average Bonchev–Trinajstić information content (AvgIpc) is 3.09. The number of aliphatic hydroxyl groups is 1. The second-order valence-electron chi connectivity index (χ2n) is 4.23. The molecule has 1 atom stereocenters. The van der Waals surface area contributed by atoms with Crippen LogP contribution in [0.25, 0.3) is 0 Å². The molecule has 2 nitrogen and oxygen atoms in total. The zero-order chi connectivity index (χ0) is 10.5. The van der Waals surface area contributed by atoms with Gasteiger partial charge in [-0.1, -0.05) is 43.2 Å². The molecule has 1 aromatic carbocycles. The van der Waals surface area contributed by atoms with Crippen molar-refractivity contribution >= 4 is 0 Å². The Morgan fingerprint density at radius 2 is 2.00 bits per heavy atom. The van der Waals surface area contributed by atoms with Gasteiger partial charge in [-0.15, -0.1) is 0 Å². The van der Waals surface area contributed by atoms with Crippen molar-refractivity contribution in [1.82, 2.24) is 0 Å². The number of ether oxygens (including phenoxy) is 1. The molecule has 2 rings (SSSR count). The van der Waals surface area contributed by atoms with Gasteiger partial charge in [0.15, 0.2) is 0 Å². The molecular weight excluding hydrogens is 188 g/mol. The summed E-state index contributed by atoms with van der Waals surface area (Å²) in [7, 11) is 0. The lowest BCUT2D eigenvalue weighted by atomic mass is 10.1. The predicted molar refractivity (Wildman–Crippen MR) is 59.6 cm³/mol. The minimum atomic E-state index is -0.481. The molecule has 0 spiro atoms. The molecule has 82 valence electrons. The molecule has 1 fully saturated rings. The highest BCUT2D eigenvalue weighted by atomic mass is 16.5. The Balaban J connectivity index is 1.65. The maximum absolute atomic E-state index is 9.78. The normalized spacial score (nSPS) is 17.7. The molecule has 0 aromatic heterocycles. The summed E-state index contributed by atoms with van der Waals surface area (Å²) in [5, 5.41) is 9.78. The van der Waals surface area contributed by atoms with Crippen LogP contribution in [0.2, 0.25) is 0 Å². The van der Waals surface area contributed by atoms with Crippen molar-refractivity contribution < 1.29 is 9.84 Å². The van der Waals surface area contributed by atoms with E-state index in [4.69, 9.17) is 4.74 Å². The largest absolute Gasteiger partial charge is 0.386 e. The van der Waals surface area contributed by atoms with Gasteiger partial charge in [0.25, 0.3) is 0 Å². The van der Waals surface area contributed by atoms with Gasteiger partial charge in [0.05, 0.1) is 6.61 Å². The van der Waals surface area contributed by atoms with Gasteiger partial charge in [-0.05, 0) is 17.9 Å². The van der Waals surface area contributed by atoms with Crippen LogP contribution in [0.4, 0.5) is 0 Å². The Morgan fingerprint density at radius 3 is 2.67 bits per heavy atom. The fourth-order valence-corrected chi connectivity index (χ4v) is 1.62. The Kier molecular flexibility index (Phi) is 3.75. The van der Waals surface area contributed by atoms with Crippen LogP contribution in [0, 0.1) is 5.92 Å². The minimum Gasteiger partial charge on any atom is -0.386 e. The third kappa shape index (κ3) is 3.65. The van der Waals surface area contributed by atoms with Crippen LogP contribution in [-0.4, -0.2) is 18.3 Å². The van der Waals surface area contributed by atoms with Gasteiger partial charge in [0.1, 0.15) is 6.10 Å². The monoisotopic (exact) mass is 206 g/mol. The highest BCUT2D eigenvalue weighted by Crippen LogP contribution is 2.32. The van der Waals surface area contributed by atoms with Crippen LogP contribution >= 0.6 is 0 Å². The maximum atomic E-state index is 9.78. The Bertz CT molecular complexity index is 280. The van der Waals surface area contributed by atoms with E-state index in [1.54, 1.807) is 0 Å². The maximum Gasteiger partial charge on any atom is 0.102 e. The first-order valence-corrected chi connectivity index (χ1v) is 5.67. The molecule has 0 bridgehead atoms. The van der Waals surface area contributed by atoms with Gasteiger partial charge in [0, 0.05) is 6.61 Å². The molecule has 0 saturated heterocycles. The quantitative estimate of drug-likeness (QED) is 0.725. The van der Waals surface area contributed by atoms with Crippen molar-refractivity contribution in [3.05, 3.63) is 35.9 Å². The highest BCUT2D eigenvalue weighted by Gasteiger charge is 2.20. The van der Waals surface area contributed by atoms with E-state index in [0.29, 0.717) is 6.61 Å². The summed E-state index contributed by atoms with van der Waals surface area (Å²) >= 11 is 0. The summed E-state index contributed by atoms with van der Waals surface area (Å²) in [6, 6.07) is 9.67. The number of hydrogen-bond acceptors (Lipinski definition) is 2. The van der Waals surface area contributed by atoms with Gasteiger partial charge in [-0.2, -0.15) is 0 Å². The second-order valence-corrected chi connectivity index (χ2v) is 4.23. The van der Waals surface area contributed by atoms with Crippen LogP contribution in [0.5, 0.6) is 0 Å². The van der Waals surface area contributed by atoms with Crippen molar-refractivity contribution in [3.63, 3.8) is 0 Å². The van der Waals surface area contributed by atoms with E-state index in [1.807, 2.05) is 30.3 Å². The molecule has 0 amide bonds. The topological polar surface area (TPSA) is 29.5 Å². The summed E-state index contributed by atoms with van der Waals surface area (Å²) in [5.41, 5.74) is 0.934. The molecule has 0 heterocycles. The van der Waals surface area contributed by atoms with Gasteiger partial charge in [-0.3, -0.25) is 0 Å². The molecule has 0 aliphatic heterocycles. The van der Waals surface area contributed by atoms with Gasteiger partial charge in [-0.25, -0.2) is 0 Å². The second kappa shape index (κ2) is 5.29. The van der Waals surface area contributed by atoms with Gasteiger partial charge >= 0.3 is 0 Å². The van der Waals surface area contributed by atoms with Crippen LogP contribution in [0.3, 0.4) is 0 Å². The zero-order valence-electron chi connectivity index (χ0n) is 8.93. The summed E-state index contributed by atoms with van der Waals surface area (Å²) < 4.78 is 5.45. The molecule has 1 aliphatic carbocycles. The SMILES string of the molecule is OC(COCCC1CC1)c1ccccc1. The fourth-order valence-electron chi connectivity index (χ4n) is 1.62. The molecule has 1 aliphatic rings. The Morgan fingerprint density at radius 1 is 1.27 bits per heavy atom. The van der Waals surface area contributed by atoms with Crippen LogP contribution in [0.1, 0.15) is 30.9 Å². The van der Waals surface area contributed by atoms with E-state index >= 15 is 0 Å². The first-order valence-electron chi connectivity index (χ1n) is 5.67. The van der Waals surface area contributed by atoms with Gasteiger partial charge < -0.3 is 9.84 Å². The standard InChI is InChI=1S/C13H18O2/c14-13(12-4-2-1-3-5-12)10-15-9-8-11-6-7-11/h1-5,11,13-14H,6-10H2. The summed E-state index contributed by atoms with van der Waals surface area (Å²) in [5.74, 6) is 0.902. The van der Waals surface area contributed by atoms with E-state index in [-0.39, 0.29) is 0 Å². The fraction of sp³-hybridized carbons (Fsp3) is 0.538. The molecule has 2 heteroatoms. The minimum absolute atomic E-state index is 0.413. The van der Waals surface area contributed by atoms with Crippen molar-refractivity contribution in [2.45, 2.75) is 25.4 Å². The lowest BCUT2D eigenvalue weighted by molar-refractivity contribution is 0.0336. The molecule has 1 unspecified atom stereocenters. The molecule has 0 radical (unpaired) electrons. The van der Waals surface area contributed by atoms with Crippen LogP contribution < -0.4 is 0 Å². The summed E-state index contributed by atoms with van der Waals surface area (Å²) in [6.45, 7) is 1.20. The van der Waals surface area contributed by atoms with Crippen LogP contribution in [0.15, 0.2) is 30.3 Å². The van der Waals surface area contributed by atoms with Crippen molar-refractivity contribution in [3.8, 4) is 0 Å². The third-order valence-corrected chi connectivity index (χ3v) is 2.83. The Labute approximate surface area is 90.9 Å². The van der Waals surface area contributed by atoms with E-state index < -0.39 is 6.10 Å². The van der Waals surface area contributed by atoms with Crippen molar-refractivity contribution in [2.75, 3.05) is 13.2 Å². The first-order chi connectivity index (χ1) is 7.36. The highest BCUT2D eigenvalue weighted by molar-refractivity contribution is 5.17. The Hall–Kier alpha value is -0.860. The van der Waals surface area contributed by atoms with E-state index in [9.17, 15) is 5.11 Å². The predicted octanol–water partition coefficient (Wildman–Crippen LogP) is 2.54. The summed E-state index contributed by atoms with van der Waals surface area (Å²) in [4.78, 5) is 0. The molecular formula is C13H18O2. The third-order valence-electron chi connectivity index (χ3n) is 2.83. The van der Waals surface area contributed by atoms with E-state index in [0.717, 1.165) is 24.5 Å². The van der Waals surface area contributed by atoms with Gasteiger partial charge in [0.2, 0.25) is 0 Å². The average molecular weight is 206 g/mol. The molecule has 1 aromatic rings. The lowest BCUT2D eigenvalue weighted by Gasteiger charge is -2.11. The number of rotatable bonds is 6. The molecule has 1 N–H and O–H groups in total. The first kappa shape index (κ1) is 10.7. The molecule has 1 saturated carbocycles. The lowest BCUT2D eigenvalue weighted by Crippen LogP contribution is -2.08. The number of aliphatic hydroxyl groups excluding tert-OH is 1. The number of hydrogen-bond donors (Lipinski definition) is 1.